The van der Waals surface area contributed by atoms with Crippen LogP contribution in [-0.4, -0.2) is 14.8 Å². The van der Waals surface area contributed by atoms with Crippen LogP contribution in [0.5, 0.6) is 0 Å². The van der Waals surface area contributed by atoms with Crippen LogP contribution in [0.2, 0.25) is 0 Å². The van der Waals surface area contributed by atoms with Crippen LogP contribution in [-0.2, 0) is 7.05 Å². The fourth-order valence-electron chi connectivity index (χ4n) is 2.14. The lowest BCUT2D eigenvalue weighted by Crippen LogP contribution is -1.95. The molecule has 100 valence electrons. The van der Waals surface area contributed by atoms with E-state index < -0.39 is 0 Å². The number of nitrogens with zero attached hydrogens (tertiary/aromatic N) is 3. The molecule has 0 saturated heterocycles. The van der Waals surface area contributed by atoms with E-state index in [1.807, 2.05) is 31.3 Å². The molecular formula is C15H11BrFN3. The second-order valence-corrected chi connectivity index (χ2v) is 5.38. The van der Waals surface area contributed by atoms with Gasteiger partial charge in [0.05, 0.1) is 0 Å². The first-order chi connectivity index (χ1) is 9.65. The van der Waals surface area contributed by atoms with Gasteiger partial charge in [-0.1, -0.05) is 34.1 Å². The number of aryl methyl sites for hydroxylation is 1. The molecule has 1 aromatic heterocycles. The zero-order valence-corrected chi connectivity index (χ0v) is 12.3. The van der Waals surface area contributed by atoms with Crippen LogP contribution in [0.15, 0.2) is 53.3 Å². The molecule has 0 saturated carbocycles. The Kier molecular flexibility index (Phi) is 3.36. The second-order valence-electron chi connectivity index (χ2n) is 4.47. The van der Waals surface area contributed by atoms with Crippen molar-refractivity contribution in [2.24, 2.45) is 7.05 Å². The van der Waals surface area contributed by atoms with Crippen molar-refractivity contribution in [2.75, 3.05) is 0 Å². The maximum atomic E-state index is 13.6. The zero-order chi connectivity index (χ0) is 14.1. The topological polar surface area (TPSA) is 30.7 Å². The molecule has 2 aromatic carbocycles. The van der Waals surface area contributed by atoms with Crippen molar-refractivity contribution in [3.8, 4) is 22.5 Å². The summed E-state index contributed by atoms with van der Waals surface area (Å²) < 4.78 is 16.3. The van der Waals surface area contributed by atoms with Gasteiger partial charge in [0.1, 0.15) is 12.1 Å². The third-order valence-corrected chi connectivity index (χ3v) is 3.56. The third-order valence-electron chi connectivity index (χ3n) is 3.07. The van der Waals surface area contributed by atoms with E-state index in [1.165, 1.54) is 12.1 Å². The van der Waals surface area contributed by atoms with Crippen molar-refractivity contribution in [3.63, 3.8) is 0 Å². The molecule has 5 heteroatoms. The average Bonchev–Trinajstić information content (AvgIpc) is 2.85. The molecule has 0 unspecified atom stereocenters. The Labute approximate surface area is 124 Å². The largest absolute Gasteiger partial charge is 0.317 e. The van der Waals surface area contributed by atoms with Crippen LogP contribution >= 0.6 is 15.9 Å². The summed E-state index contributed by atoms with van der Waals surface area (Å²) in [4.78, 5) is 0. The van der Waals surface area contributed by atoms with Gasteiger partial charge in [0, 0.05) is 17.1 Å². The molecule has 3 nitrogen and oxygen atoms in total. The SMILES string of the molecule is Cn1cnnc1-c1cc(F)ccc1-c1cccc(Br)c1. The minimum atomic E-state index is -0.290. The maximum absolute atomic E-state index is 13.6. The van der Waals surface area contributed by atoms with Crippen molar-refractivity contribution >= 4 is 15.9 Å². The summed E-state index contributed by atoms with van der Waals surface area (Å²) in [6.07, 6.45) is 1.60. The molecule has 0 aliphatic heterocycles. The second kappa shape index (κ2) is 5.17. The van der Waals surface area contributed by atoms with Crippen LogP contribution in [0, 0.1) is 5.82 Å². The monoisotopic (exact) mass is 331 g/mol. The van der Waals surface area contributed by atoms with E-state index in [2.05, 4.69) is 26.1 Å². The molecule has 1 heterocycles. The van der Waals surface area contributed by atoms with Crippen LogP contribution < -0.4 is 0 Å². The van der Waals surface area contributed by atoms with E-state index >= 15 is 0 Å². The number of benzene rings is 2. The first kappa shape index (κ1) is 13.0. The fraction of sp³-hybridized carbons (Fsp3) is 0.0667. The van der Waals surface area contributed by atoms with Crippen LogP contribution in [0.25, 0.3) is 22.5 Å². The van der Waals surface area contributed by atoms with Gasteiger partial charge in [-0.25, -0.2) is 4.39 Å². The molecule has 0 N–H and O–H groups in total. The molecule has 3 rings (SSSR count). The molecule has 0 aliphatic rings. The summed E-state index contributed by atoms with van der Waals surface area (Å²) in [5, 5.41) is 7.93. The Morgan fingerprint density at radius 3 is 2.65 bits per heavy atom. The lowest BCUT2D eigenvalue weighted by atomic mass is 9.99. The maximum Gasteiger partial charge on any atom is 0.164 e. The van der Waals surface area contributed by atoms with E-state index in [0.717, 1.165) is 21.2 Å². The van der Waals surface area contributed by atoms with Crippen molar-refractivity contribution in [1.29, 1.82) is 0 Å². The van der Waals surface area contributed by atoms with Crippen LogP contribution in [0.3, 0.4) is 0 Å². The molecule has 20 heavy (non-hydrogen) atoms. The van der Waals surface area contributed by atoms with Gasteiger partial charge in [0.15, 0.2) is 5.82 Å². The average molecular weight is 332 g/mol. The number of halogens is 2. The van der Waals surface area contributed by atoms with E-state index in [1.54, 1.807) is 17.0 Å². The number of rotatable bonds is 2. The highest BCUT2D eigenvalue weighted by Crippen LogP contribution is 2.32. The van der Waals surface area contributed by atoms with E-state index in [0.29, 0.717) is 5.82 Å². The van der Waals surface area contributed by atoms with E-state index in [9.17, 15) is 4.39 Å². The van der Waals surface area contributed by atoms with Gasteiger partial charge in [0.25, 0.3) is 0 Å². The quantitative estimate of drug-likeness (QED) is 0.709. The molecule has 0 amide bonds. The summed E-state index contributed by atoms with van der Waals surface area (Å²) in [7, 11) is 1.84. The summed E-state index contributed by atoms with van der Waals surface area (Å²) in [5.41, 5.74) is 2.64. The summed E-state index contributed by atoms with van der Waals surface area (Å²) in [6.45, 7) is 0. The van der Waals surface area contributed by atoms with Crippen LogP contribution in [0.1, 0.15) is 0 Å². The van der Waals surface area contributed by atoms with Crippen molar-refractivity contribution < 1.29 is 4.39 Å². The highest BCUT2D eigenvalue weighted by Gasteiger charge is 2.13. The molecule has 0 bridgehead atoms. The number of aromatic nitrogens is 3. The van der Waals surface area contributed by atoms with E-state index in [-0.39, 0.29) is 5.82 Å². The van der Waals surface area contributed by atoms with Gasteiger partial charge in [-0.15, -0.1) is 10.2 Å². The Bertz CT molecular complexity index is 767. The molecule has 0 atom stereocenters. The van der Waals surface area contributed by atoms with E-state index in [4.69, 9.17) is 0 Å². The Morgan fingerprint density at radius 2 is 1.95 bits per heavy atom. The molecule has 0 aliphatic carbocycles. The molecule has 0 radical (unpaired) electrons. The zero-order valence-electron chi connectivity index (χ0n) is 10.7. The van der Waals surface area contributed by atoms with Crippen molar-refractivity contribution in [1.82, 2.24) is 14.8 Å². The Hall–Kier alpha value is -2.01. The smallest absolute Gasteiger partial charge is 0.164 e. The first-order valence-corrected chi connectivity index (χ1v) is 6.84. The standard InChI is InChI=1S/C15H11BrFN3/c1-20-9-18-19-15(20)14-8-12(17)5-6-13(14)10-3-2-4-11(16)7-10/h2-9H,1H3. The molecule has 0 spiro atoms. The minimum Gasteiger partial charge on any atom is -0.317 e. The Balaban J connectivity index is 2.24. The normalized spacial score (nSPS) is 10.8. The number of hydrogen-bond donors (Lipinski definition) is 0. The predicted octanol–water partition coefficient (Wildman–Crippen LogP) is 4.05. The molecular weight excluding hydrogens is 321 g/mol. The first-order valence-electron chi connectivity index (χ1n) is 6.05. The van der Waals surface area contributed by atoms with Crippen molar-refractivity contribution in [2.45, 2.75) is 0 Å². The lowest BCUT2D eigenvalue weighted by molar-refractivity contribution is 0.628. The van der Waals surface area contributed by atoms with Gasteiger partial charge in [-0.05, 0) is 35.4 Å². The highest BCUT2D eigenvalue weighted by molar-refractivity contribution is 9.10. The molecule has 3 aromatic rings. The Morgan fingerprint density at radius 1 is 1.10 bits per heavy atom. The fourth-order valence-corrected chi connectivity index (χ4v) is 2.54. The molecule has 0 fully saturated rings. The van der Waals surface area contributed by atoms with Gasteiger partial charge >= 0.3 is 0 Å². The summed E-state index contributed by atoms with van der Waals surface area (Å²) in [6, 6.07) is 12.6. The van der Waals surface area contributed by atoms with Gasteiger partial charge in [-0.2, -0.15) is 0 Å². The number of hydrogen-bond acceptors (Lipinski definition) is 2. The highest BCUT2D eigenvalue weighted by atomic mass is 79.9. The minimum absolute atomic E-state index is 0.290. The van der Waals surface area contributed by atoms with Gasteiger partial charge in [-0.3, -0.25) is 0 Å². The summed E-state index contributed by atoms with van der Waals surface area (Å²) in [5.74, 6) is 0.348. The predicted molar refractivity (Wildman–Crippen MR) is 79.5 cm³/mol. The van der Waals surface area contributed by atoms with Gasteiger partial charge < -0.3 is 4.57 Å². The summed E-state index contributed by atoms with van der Waals surface area (Å²) >= 11 is 3.45. The van der Waals surface area contributed by atoms with Crippen molar-refractivity contribution in [3.05, 3.63) is 59.1 Å². The lowest BCUT2D eigenvalue weighted by Gasteiger charge is -2.10. The third kappa shape index (κ3) is 2.36. The van der Waals surface area contributed by atoms with Gasteiger partial charge in [0.2, 0.25) is 0 Å². The van der Waals surface area contributed by atoms with Crippen LogP contribution in [0.4, 0.5) is 4.39 Å².